The Morgan fingerprint density at radius 1 is 1.62 bits per heavy atom. The molecule has 0 N–H and O–H groups in total. The fourth-order valence-corrected chi connectivity index (χ4v) is 4.98. The molecule has 1 aromatic heterocycles. The number of thiophene rings is 1. The fourth-order valence-electron chi connectivity index (χ4n) is 1.80. The number of rotatable bonds is 3. The molecule has 0 aromatic carbocycles. The normalized spacial score (nSPS) is 22.8. The van der Waals surface area contributed by atoms with Crippen molar-refractivity contribution in [1.29, 1.82) is 0 Å². The van der Waals surface area contributed by atoms with Gasteiger partial charge in [-0.25, -0.2) is 8.42 Å². The van der Waals surface area contributed by atoms with E-state index in [1.165, 1.54) is 11.3 Å². The Kier molecular flexibility index (Phi) is 3.59. The minimum atomic E-state index is -3.27. The van der Waals surface area contributed by atoms with Crippen LogP contribution in [0.1, 0.15) is 18.9 Å². The number of hydrogen-bond donors (Lipinski definition) is 0. The summed E-state index contributed by atoms with van der Waals surface area (Å²) in [5, 5.41) is 1.80. The van der Waals surface area contributed by atoms with Gasteiger partial charge in [-0.2, -0.15) is 4.31 Å². The van der Waals surface area contributed by atoms with E-state index in [1.807, 2.05) is 0 Å². The van der Waals surface area contributed by atoms with Crippen LogP contribution in [0.25, 0.3) is 0 Å². The predicted octanol–water partition coefficient (Wildman–Crippen LogP) is 2.52. The van der Waals surface area contributed by atoms with Crippen molar-refractivity contribution in [1.82, 2.24) is 4.31 Å². The van der Waals surface area contributed by atoms with Crippen molar-refractivity contribution in [3.8, 4) is 0 Å². The molecule has 1 unspecified atom stereocenters. The summed E-state index contributed by atoms with van der Waals surface area (Å²) in [6, 6.07) is 1.68. The molecule has 3 nitrogen and oxygen atoms in total. The van der Waals surface area contributed by atoms with Crippen LogP contribution in [0, 0.1) is 5.92 Å². The first-order valence-electron chi connectivity index (χ1n) is 5.17. The van der Waals surface area contributed by atoms with Crippen molar-refractivity contribution in [3.05, 3.63) is 17.0 Å². The molecular formula is C10H14ClNO2S2. The average molecular weight is 280 g/mol. The van der Waals surface area contributed by atoms with Gasteiger partial charge in [0.1, 0.15) is 4.21 Å². The van der Waals surface area contributed by atoms with Crippen LogP contribution in [0.3, 0.4) is 0 Å². The van der Waals surface area contributed by atoms with Gasteiger partial charge in [-0.15, -0.1) is 22.9 Å². The van der Waals surface area contributed by atoms with Gasteiger partial charge >= 0.3 is 0 Å². The summed E-state index contributed by atoms with van der Waals surface area (Å²) in [5.74, 6) is 0.824. The smallest absolute Gasteiger partial charge is 0.206 e. The topological polar surface area (TPSA) is 37.4 Å². The first-order valence-corrected chi connectivity index (χ1v) is 8.03. The standard InChI is InChI=1S/C10H14ClNO2S2/c1-8-2-3-12(6-8)16(13,14)10-4-9(5-11)7-15-10/h4,7-8H,2-3,5-6H2,1H3. The maximum Gasteiger partial charge on any atom is 0.252 e. The molecule has 0 aliphatic carbocycles. The van der Waals surface area contributed by atoms with Crippen LogP contribution in [0.4, 0.5) is 0 Å². The van der Waals surface area contributed by atoms with E-state index >= 15 is 0 Å². The second-order valence-electron chi connectivity index (χ2n) is 4.16. The van der Waals surface area contributed by atoms with Crippen molar-refractivity contribution in [2.75, 3.05) is 13.1 Å². The molecule has 0 spiro atoms. The zero-order chi connectivity index (χ0) is 11.8. The summed E-state index contributed by atoms with van der Waals surface area (Å²) in [6.07, 6.45) is 0.951. The van der Waals surface area contributed by atoms with Gasteiger partial charge in [-0.3, -0.25) is 0 Å². The molecule has 90 valence electrons. The van der Waals surface area contributed by atoms with Crippen LogP contribution in [0.2, 0.25) is 0 Å². The second-order valence-corrected chi connectivity index (χ2v) is 7.51. The van der Waals surface area contributed by atoms with Gasteiger partial charge in [0.05, 0.1) is 0 Å². The molecule has 1 atom stereocenters. The van der Waals surface area contributed by atoms with E-state index in [0.717, 1.165) is 12.0 Å². The minimum absolute atomic E-state index is 0.364. The van der Waals surface area contributed by atoms with E-state index in [2.05, 4.69) is 6.92 Å². The predicted molar refractivity (Wildman–Crippen MR) is 66.4 cm³/mol. The van der Waals surface area contributed by atoms with Gasteiger partial charge in [0.15, 0.2) is 0 Å². The number of alkyl halides is 1. The zero-order valence-corrected chi connectivity index (χ0v) is 11.4. The van der Waals surface area contributed by atoms with Crippen molar-refractivity contribution in [2.24, 2.45) is 5.92 Å². The van der Waals surface area contributed by atoms with Gasteiger partial charge < -0.3 is 0 Å². The van der Waals surface area contributed by atoms with Crippen molar-refractivity contribution in [2.45, 2.75) is 23.4 Å². The Morgan fingerprint density at radius 2 is 2.38 bits per heavy atom. The van der Waals surface area contributed by atoms with E-state index in [4.69, 9.17) is 11.6 Å². The highest BCUT2D eigenvalue weighted by Gasteiger charge is 2.31. The summed E-state index contributed by atoms with van der Waals surface area (Å²) in [4.78, 5) is 0. The zero-order valence-electron chi connectivity index (χ0n) is 9.02. The molecule has 6 heteroatoms. The van der Waals surface area contributed by atoms with Gasteiger partial charge in [0.25, 0.3) is 10.0 Å². The fraction of sp³-hybridized carbons (Fsp3) is 0.600. The Bertz CT molecular complexity index is 469. The molecule has 1 saturated heterocycles. The lowest BCUT2D eigenvalue weighted by Gasteiger charge is -2.14. The van der Waals surface area contributed by atoms with Gasteiger partial charge in [-0.1, -0.05) is 6.92 Å². The number of halogens is 1. The Labute approximate surface area is 105 Å². The summed E-state index contributed by atoms with van der Waals surface area (Å²) in [6.45, 7) is 3.35. The SMILES string of the molecule is CC1CCN(S(=O)(=O)c2cc(CCl)cs2)C1. The molecule has 1 aliphatic rings. The number of sulfonamides is 1. The monoisotopic (exact) mass is 279 g/mol. The first-order chi connectivity index (χ1) is 7.54. The Morgan fingerprint density at radius 3 is 2.88 bits per heavy atom. The van der Waals surface area contributed by atoms with Crippen molar-refractivity contribution in [3.63, 3.8) is 0 Å². The maximum atomic E-state index is 12.2. The lowest BCUT2D eigenvalue weighted by Crippen LogP contribution is -2.27. The largest absolute Gasteiger partial charge is 0.252 e. The number of nitrogens with zero attached hydrogens (tertiary/aromatic N) is 1. The van der Waals surface area contributed by atoms with E-state index in [-0.39, 0.29) is 0 Å². The molecule has 0 saturated carbocycles. The van der Waals surface area contributed by atoms with E-state index in [1.54, 1.807) is 15.8 Å². The van der Waals surface area contributed by atoms with E-state index in [0.29, 0.717) is 29.1 Å². The molecule has 0 bridgehead atoms. The van der Waals surface area contributed by atoms with Gasteiger partial charge in [0, 0.05) is 19.0 Å². The van der Waals surface area contributed by atoms with Crippen LogP contribution in [0.15, 0.2) is 15.7 Å². The molecule has 1 fully saturated rings. The van der Waals surface area contributed by atoms with Crippen molar-refractivity contribution >= 4 is 33.0 Å². The maximum absolute atomic E-state index is 12.2. The highest BCUT2D eigenvalue weighted by Crippen LogP contribution is 2.28. The summed E-state index contributed by atoms with van der Waals surface area (Å²) >= 11 is 6.93. The molecule has 0 amide bonds. The van der Waals surface area contributed by atoms with E-state index in [9.17, 15) is 8.42 Å². The molecule has 0 radical (unpaired) electrons. The minimum Gasteiger partial charge on any atom is -0.206 e. The highest BCUT2D eigenvalue weighted by atomic mass is 35.5. The molecule has 2 rings (SSSR count). The van der Waals surface area contributed by atoms with Crippen LogP contribution < -0.4 is 0 Å². The Hall–Kier alpha value is -0.100. The lowest BCUT2D eigenvalue weighted by molar-refractivity contribution is 0.466. The molecule has 16 heavy (non-hydrogen) atoms. The molecule has 1 aliphatic heterocycles. The van der Waals surface area contributed by atoms with Crippen LogP contribution in [-0.2, 0) is 15.9 Å². The van der Waals surface area contributed by atoms with E-state index < -0.39 is 10.0 Å². The Balaban J connectivity index is 2.25. The summed E-state index contributed by atoms with van der Waals surface area (Å²) < 4.78 is 26.4. The number of hydrogen-bond acceptors (Lipinski definition) is 3. The lowest BCUT2D eigenvalue weighted by atomic mass is 10.2. The molecule has 1 aromatic rings. The van der Waals surface area contributed by atoms with Crippen LogP contribution >= 0.6 is 22.9 Å². The van der Waals surface area contributed by atoms with Gasteiger partial charge in [-0.05, 0) is 29.3 Å². The first kappa shape index (κ1) is 12.4. The molecular weight excluding hydrogens is 266 g/mol. The third-order valence-corrected chi connectivity index (χ3v) is 6.40. The molecule has 2 heterocycles. The third kappa shape index (κ3) is 2.27. The van der Waals surface area contributed by atoms with Gasteiger partial charge in [0.2, 0.25) is 0 Å². The highest BCUT2D eigenvalue weighted by molar-refractivity contribution is 7.91. The summed E-state index contributed by atoms with van der Waals surface area (Å²) in [5.41, 5.74) is 0.873. The van der Waals surface area contributed by atoms with Crippen molar-refractivity contribution < 1.29 is 8.42 Å². The third-order valence-electron chi connectivity index (χ3n) is 2.76. The quantitative estimate of drug-likeness (QED) is 0.798. The second kappa shape index (κ2) is 4.64. The average Bonchev–Trinajstić information content (AvgIpc) is 2.85. The van der Waals surface area contributed by atoms with Crippen LogP contribution in [-0.4, -0.2) is 25.8 Å². The van der Waals surface area contributed by atoms with Crippen LogP contribution in [0.5, 0.6) is 0 Å². The summed E-state index contributed by atoms with van der Waals surface area (Å²) in [7, 11) is -3.27.